The molecule has 11 heavy (non-hydrogen) atoms. The summed E-state index contributed by atoms with van der Waals surface area (Å²) in [5, 5.41) is 4.80. The zero-order valence-corrected chi connectivity index (χ0v) is 7.30. The smallest absolute Gasteiger partial charge is 0.129 e. The van der Waals surface area contributed by atoms with Crippen LogP contribution in [0.3, 0.4) is 0 Å². The summed E-state index contributed by atoms with van der Waals surface area (Å²) < 4.78 is 1.77. The largest absolute Gasteiger partial charge is 0.330 e. The summed E-state index contributed by atoms with van der Waals surface area (Å²) in [7, 11) is 0. The van der Waals surface area contributed by atoms with Crippen molar-refractivity contribution in [3.8, 4) is 0 Å². The maximum atomic E-state index is 5.90. The van der Waals surface area contributed by atoms with E-state index in [4.69, 9.17) is 17.3 Å². The summed E-state index contributed by atoms with van der Waals surface area (Å²) in [6.07, 6.45) is 2.68. The Kier molecular flexibility index (Phi) is 2.91. The van der Waals surface area contributed by atoms with Crippen LogP contribution >= 0.6 is 11.6 Å². The molecule has 0 bridgehead atoms. The van der Waals surface area contributed by atoms with Gasteiger partial charge in [-0.3, -0.25) is 4.68 Å². The standard InChI is InChI=1S/C7H12ClN3/c1-6-5-10-11(7(6)8)4-2-3-9/h5H,2-4,9H2,1H3. The van der Waals surface area contributed by atoms with Crippen LogP contribution in [0.15, 0.2) is 6.20 Å². The van der Waals surface area contributed by atoms with Crippen molar-refractivity contribution in [1.82, 2.24) is 9.78 Å². The van der Waals surface area contributed by atoms with Crippen LogP contribution in [0.25, 0.3) is 0 Å². The van der Waals surface area contributed by atoms with Crippen molar-refractivity contribution in [2.75, 3.05) is 6.54 Å². The van der Waals surface area contributed by atoms with Crippen molar-refractivity contribution in [3.05, 3.63) is 16.9 Å². The van der Waals surface area contributed by atoms with Crippen molar-refractivity contribution < 1.29 is 0 Å². The second-order valence-corrected chi connectivity index (χ2v) is 2.84. The SMILES string of the molecule is Cc1cnn(CCCN)c1Cl. The van der Waals surface area contributed by atoms with Gasteiger partial charge in [0.05, 0.1) is 6.20 Å². The van der Waals surface area contributed by atoms with Gasteiger partial charge < -0.3 is 5.73 Å². The van der Waals surface area contributed by atoms with Crippen molar-refractivity contribution >= 4 is 11.6 Å². The number of rotatable bonds is 3. The summed E-state index contributed by atoms with van der Waals surface area (Å²) in [5.74, 6) is 0. The molecule has 1 heterocycles. The topological polar surface area (TPSA) is 43.8 Å². The molecule has 1 aromatic heterocycles. The molecule has 0 unspecified atom stereocenters. The average molecular weight is 174 g/mol. The maximum absolute atomic E-state index is 5.90. The second-order valence-electron chi connectivity index (χ2n) is 2.48. The molecule has 0 spiro atoms. The normalized spacial score (nSPS) is 10.5. The van der Waals surface area contributed by atoms with E-state index in [0.29, 0.717) is 6.54 Å². The molecule has 2 N–H and O–H groups in total. The zero-order chi connectivity index (χ0) is 8.27. The van der Waals surface area contributed by atoms with Gasteiger partial charge >= 0.3 is 0 Å². The minimum atomic E-state index is 0.676. The third-order valence-corrected chi connectivity index (χ3v) is 2.01. The van der Waals surface area contributed by atoms with Crippen molar-refractivity contribution in [1.29, 1.82) is 0 Å². The quantitative estimate of drug-likeness (QED) is 0.747. The van der Waals surface area contributed by atoms with E-state index >= 15 is 0 Å². The summed E-state index contributed by atoms with van der Waals surface area (Å²) in [6, 6.07) is 0. The van der Waals surface area contributed by atoms with Crippen LogP contribution in [0.4, 0.5) is 0 Å². The van der Waals surface area contributed by atoms with E-state index in [1.165, 1.54) is 0 Å². The van der Waals surface area contributed by atoms with Gasteiger partial charge in [0, 0.05) is 12.1 Å². The average Bonchev–Trinajstić information content (AvgIpc) is 2.31. The van der Waals surface area contributed by atoms with Crippen LogP contribution in [-0.4, -0.2) is 16.3 Å². The van der Waals surface area contributed by atoms with Crippen LogP contribution < -0.4 is 5.73 Å². The van der Waals surface area contributed by atoms with Crippen molar-refractivity contribution in [2.45, 2.75) is 19.9 Å². The minimum absolute atomic E-state index is 0.676. The molecular formula is C7H12ClN3. The summed E-state index contributed by atoms with van der Waals surface area (Å²) in [4.78, 5) is 0. The molecule has 0 amide bonds. The number of hydrogen-bond donors (Lipinski definition) is 1. The van der Waals surface area contributed by atoms with Crippen molar-refractivity contribution in [3.63, 3.8) is 0 Å². The first-order chi connectivity index (χ1) is 5.25. The monoisotopic (exact) mass is 173 g/mol. The highest BCUT2D eigenvalue weighted by Crippen LogP contribution is 2.13. The molecule has 0 aliphatic heterocycles. The lowest BCUT2D eigenvalue weighted by Crippen LogP contribution is -2.06. The second kappa shape index (κ2) is 3.74. The molecule has 0 saturated heterocycles. The van der Waals surface area contributed by atoms with Gasteiger partial charge in [0.25, 0.3) is 0 Å². The van der Waals surface area contributed by atoms with Gasteiger partial charge in [-0.15, -0.1) is 0 Å². The molecule has 4 heteroatoms. The Balaban J connectivity index is 2.63. The van der Waals surface area contributed by atoms with Crippen LogP contribution in [0, 0.1) is 6.92 Å². The molecule has 0 aliphatic carbocycles. The maximum Gasteiger partial charge on any atom is 0.129 e. The van der Waals surface area contributed by atoms with Gasteiger partial charge in [0.15, 0.2) is 0 Å². The van der Waals surface area contributed by atoms with Crippen LogP contribution in [-0.2, 0) is 6.54 Å². The van der Waals surface area contributed by atoms with E-state index in [0.717, 1.165) is 23.7 Å². The molecule has 1 aromatic rings. The Hall–Kier alpha value is -0.540. The number of aryl methyl sites for hydroxylation is 2. The van der Waals surface area contributed by atoms with Crippen LogP contribution in [0.5, 0.6) is 0 Å². The zero-order valence-electron chi connectivity index (χ0n) is 6.55. The molecule has 0 aromatic carbocycles. The molecule has 0 atom stereocenters. The van der Waals surface area contributed by atoms with E-state index in [2.05, 4.69) is 5.10 Å². The lowest BCUT2D eigenvalue weighted by atomic mass is 10.4. The van der Waals surface area contributed by atoms with E-state index in [-0.39, 0.29) is 0 Å². The molecule has 62 valence electrons. The van der Waals surface area contributed by atoms with Crippen LogP contribution in [0.2, 0.25) is 5.15 Å². The Bertz CT molecular complexity index is 232. The molecule has 1 rings (SSSR count). The third-order valence-electron chi connectivity index (χ3n) is 1.52. The van der Waals surface area contributed by atoms with Gasteiger partial charge in [-0.1, -0.05) is 11.6 Å². The third kappa shape index (κ3) is 1.94. The Labute approximate surface area is 71.1 Å². The van der Waals surface area contributed by atoms with Crippen molar-refractivity contribution in [2.24, 2.45) is 5.73 Å². The first kappa shape index (κ1) is 8.56. The van der Waals surface area contributed by atoms with Gasteiger partial charge in [0.1, 0.15) is 5.15 Å². The number of nitrogens with zero attached hydrogens (tertiary/aromatic N) is 2. The minimum Gasteiger partial charge on any atom is -0.330 e. The molecule has 0 saturated carbocycles. The summed E-state index contributed by atoms with van der Waals surface area (Å²) in [6.45, 7) is 3.42. The fourth-order valence-corrected chi connectivity index (χ4v) is 1.04. The first-order valence-electron chi connectivity index (χ1n) is 3.63. The van der Waals surface area contributed by atoms with Gasteiger partial charge in [0.2, 0.25) is 0 Å². The molecule has 0 radical (unpaired) electrons. The highest BCUT2D eigenvalue weighted by Gasteiger charge is 2.01. The lowest BCUT2D eigenvalue weighted by molar-refractivity contribution is 0.585. The Morgan fingerprint density at radius 2 is 2.45 bits per heavy atom. The molecular weight excluding hydrogens is 162 g/mol. The highest BCUT2D eigenvalue weighted by molar-refractivity contribution is 6.30. The molecule has 3 nitrogen and oxygen atoms in total. The van der Waals surface area contributed by atoms with Gasteiger partial charge in [-0.05, 0) is 19.9 Å². The summed E-state index contributed by atoms with van der Waals surface area (Å²) >= 11 is 5.90. The van der Waals surface area contributed by atoms with E-state index in [1.54, 1.807) is 10.9 Å². The number of halogens is 1. The van der Waals surface area contributed by atoms with Gasteiger partial charge in [-0.2, -0.15) is 5.10 Å². The van der Waals surface area contributed by atoms with Crippen LogP contribution in [0.1, 0.15) is 12.0 Å². The predicted molar refractivity (Wildman–Crippen MR) is 45.6 cm³/mol. The number of hydrogen-bond acceptors (Lipinski definition) is 2. The number of aromatic nitrogens is 2. The highest BCUT2D eigenvalue weighted by atomic mass is 35.5. The Morgan fingerprint density at radius 1 is 1.73 bits per heavy atom. The first-order valence-corrected chi connectivity index (χ1v) is 4.01. The predicted octanol–water partition coefficient (Wildman–Crippen LogP) is 1.19. The summed E-state index contributed by atoms with van der Waals surface area (Å²) in [5.41, 5.74) is 6.37. The fourth-order valence-electron chi connectivity index (χ4n) is 0.861. The van der Waals surface area contributed by atoms with E-state index in [9.17, 15) is 0 Å². The lowest BCUT2D eigenvalue weighted by Gasteiger charge is -2.00. The Morgan fingerprint density at radius 3 is 2.91 bits per heavy atom. The molecule has 0 fully saturated rings. The van der Waals surface area contributed by atoms with E-state index < -0.39 is 0 Å². The fraction of sp³-hybridized carbons (Fsp3) is 0.571. The number of nitrogens with two attached hydrogens (primary N) is 1. The van der Waals surface area contributed by atoms with Gasteiger partial charge in [-0.25, -0.2) is 0 Å². The molecule has 0 aliphatic rings. The van der Waals surface area contributed by atoms with E-state index in [1.807, 2.05) is 6.92 Å².